The molecule has 1 aliphatic heterocycles. The van der Waals surface area contributed by atoms with Gasteiger partial charge in [0, 0.05) is 35.8 Å². The van der Waals surface area contributed by atoms with Crippen molar-refractivity contribution in [3.8, 4) is 0 Å². The van der Waals surface area contributed by atoms with Crippen LogP contribution in [-0.4, -0.2) is 24.1 Å². The molecule has 0 aliphatic carbocycles. The molecular formula is C20H19ClN2O3. The lowest BCUT2D eigenvalue weighted by atomic mass is 10.1. The summed E-state index contributed by atoms with van der Waals surface area (Å²) in [6.45, 7) is 2.23. The fourth-order valence-corrected chi connectivity index (χ4v) is 3.07. The van der Waals surface area contributed by atoms with Gasteiger partial charge < -0.3 is 10.2 Å². The monoisotopic (exact) mass is 370 g/mol. The summed E-state index contributed by atoms with van der Waals surface area (Å²) in [5.41, 5.74) is 2.24. The van der Waals surface area contributed by atoms with Crippen molar-refractivity contribution in [3.05, 3.63) is 64.7 Å². The Morgan fingerprint density at radius 3 is 2.38 bits per heavy atom. The van der Waals surface area contributed by atoms with Crippen molar-refractivity contribution in [2.24, 2.45) is 5.92 Å². The average Bonchev–Trinajstić information content (AvgIpc) is 3.03. The van der Waals surface area contributed by atoms with Crippen LogP contribution in [0.1, 0.15) is 29.3 Å². The zero-order chi connectivity index (χ0) is 18.7. The molecule has 2 aromatic rings. The number of halogens is 1. The molecule has 0 radical (unpaired) electrons. The van der Waals surface area contributed by atoms with Crippen molar-refractivity contribution in [3.63, 3.8) is 0 Å². The molecule has 0 spiro atoms. The fraction of sp³-hybridized carbons (Fsp3) is 0.250. The minimum absolute atomic E-state index is 0.0243. The average molecular weight is 371 g/mol. The molecule has 0 bridgehead atoms. The molecule has 6 heteroatoms. The van der Waals surface area contributed by atoms with Crippen LogP contribution >= 0.6 is 11.6 Å². The zero-order valence-electron chi connectivity index (χ0n) is 14.4. The van der Waals surface area contributed by atoms with Crippen LogP contribution in [0.2, 0.25) is 5.02 Å². The summed E-state index contributed by atoms with van der Waals surface area (Å²) in [6, 6.07) is 14.1. The third-order valence-electron chi connectivity index (χ3n) is 4.46. The Labute approximate surface area is 156 Å². The minimum Gasteiger partial charge on any atom is -0.352 e. The van der Waals surface area contributed by atoms with E-state index in [4.69, 9.17) is 11.6 Å². The molecule has 26 heavy (non-hydrogen) atoms. The Hall–Kier alpha value is -2.66. The number of nitrogens with zero attached hydrogens (tertiary/aromatic N) is 1. The molecule has 2 aromatic carbocycles. The molecular weight excluding hydrogens is 352 g/mol. The molecule has 1 aliphatic rings. The molecule has 0 saturated carbocycles. The predicted octanol–water partition coefficient (Wildman–Crippen LogP) is 3.21. The van der Waals surface area contributed by atoms with E-state index in [1.54, 1.807) is 41.3 Å². The Bertz CT molecular complexity index is 831. The number of Topliss-reactive ketones (excluding diaryl/α,β-unsaturated/α-hetero) is 1. The van der Waals surface area contributed by atoms with Crippen LogP contribution in [0.25, 0.3) is 0 Å². The van der Waals surface area contributed by atoms with Crippen molar-refractivity contribution < 1.29 is 14.4 Å². The maximum atomic E-state index is 12.4. The predicted molar refractivity (Wildman–Crippen MR) is 100 cm³/mol. The van der Waals surface area contributed by atoms with E-state index in [0.717, 1.165) is 5.56 Å². The maximum Gasteiger partial charge on any atom is 0.227 e. The van der Waals surface area contributed by atoms with Gasteiger partial charge >= 0.3 is 0 Å². The lowest BCUT2D eigenvalue weighted by Gasteiger charge is -2.17. The summed E-state index contributed by atoms with van der Waals surface area (Å²) in [7, 11) is 0. The first-order valence-corrected chi connectivity index (χ1v) is 8.75. The van der Waals surface area contributed by atoms with E-state index in [2.05, 4.69) is 5.32 Å². The quantitative estimate of drug-likeness (QED) is 0.822. The third kappa shape index (κ3) is 4.11. The summed E-state index contributed by atoms with van der Waals surface area (Å²) in [6.07, 6.45) is 0.181. The van der Waals surface area contributed by atoms with Gasteiger partial charge in [-0.2, -0.15) is 0 Å². The van der Waals surface area contributed by atoms with Crippen molar-refractivity contribution in [2.45, 2.75) is 19.9 Å². The van der Waals surface area contributed by atoms with E-state index in [9.17, 15) is 14.4 Å². The lowest BCUT2D eigenvalue weighted by molar-refractivity contribution is -0.126. The normalized spacial score (nSPS) is 16.6. The molecule has 5 nitrogen and oxygen atoms in total. The van der Waals surface area contributed by atoms with Gasteiger partial charge in [-0.05, 0) is 48.9 Å². The molecule has 1 saturated heterocycles. The third-order valence-corrected chi connectivity index (χ3v) is 4.71. The van der Waals surface area contributed by atoms with Gasteiger partial charge in [-0.25, -0.2) is 0 Å². The highest BCUT2D eigenvalue weighted by molar-refractivity contribution is 6.30. The van der Waals surface area contributed by atoms with Gasteiger partial charge in [-0.3, -0.25) is 14.4 Å². The van der Waals surface area contributed by atoms with E-state index < -0.39 is 0 Å². The van der Waals surface area contributed by atoms with E-state index in [0.29, 0.717) is 29.4 Å². The van der Waals surface area contributed by atoms with Gasteiger partial charge in [-0.1, -0.05) is 23.7 Å². The van der Waals surface area contributed by atoms with Crippen LogP contribution in [0.4, 0.5) is 5.69 Å². The summed E-state index contributed by atoms with van der Waals surface area (Å²) in [5.74, 6) is -0.644. The Morgan fingerprint density at radius 2 is 1.77 bits per heavy atom. The molecule has 1 unspecified atom stereocenters. The van der Waals surface area contributed by atoms with Gasteiger partial charge in [0.2, 0.25) is 11.8 Å². The second kappa shape index (κ2) is 7.70. The van der Waals surface area contributed by atoms with Crippen LogP contribution in [0.15, 0.2) is 48.5 Å². The second-order valence-electron chi connectivity index (χ2n) is 6.35. The number of carbonyl (C=O) groups is 3. The van der Waals surface area contributed by atoms with Crippen molar-refractivity contribution in [2.75, 3.05) is 11.4 Å². The molecule has 1 heterocycles. The van der Waals surface area contributed by atoms with E-state index in [1.807, 2.05) is 12.1 Å². The number of anilines is 1. The highest BCUT2D eigenvalue weighted by Gasteiger charge is 2.34. The largest absolute Gasteiger partial charge is 0.352 e. The van der Waals surface area contributed by atoms with E-state index in [-0.39, 0.29) is 29.9 Å². The number of hydrogen-bond acceptors (Lipinski definition) is 3. The Balaban J connectivity index is 1.60. The summed E-state index contributed by atoms with van der Waals surface area (Å²) in [4.78, 5) is 37.6. The number of benzene rings is 2. The molecule has 2 amide bonds. The molecule has 0 aromatic heterocycles. The first-order chi connectivity index (χ1) is 12.4. The van der Waals surface area contributed by atoms with Crippen molar-refractivity contribution >= 4 is 34.9 Å². The molecule has 1 atom stereocenters. The molecule has 1 N–H and O–H groups in total. The number of ketones is 1. The first kappa shape index (κ1) is 18.1. The summed E-state index contributed by atoms with van der Waals surface area (Å²) in [5, 5.41) is 3.52. The van der Waals surface area contributed by atoms with Crippen LogP contribution < -0.4 is 10.2 Å². The topological polar surface area (TPSA) is 66.5 Å². The van der Waals surface area contributed by atoms with Crippen LogP contribution in [-0.2, 0) is 16.1 Å². The van der Waals surface area contributed by atoms with Gasteiger partial charge in [0.25, 0.3) is 0 Å². The summed E-state index contributed by atoms with van der Waals surface area (Å²) >= 11 is 5.85. The molecule has 3 rings (SSSR count). The highest BCUT2D eigenvalue weighted by atomic mass is 35.5. The van der Waals surface area contributed by atoms with E-state index in [1.165, 1.54) is 6.92 Å². The Kier molecular flexibility index (Phi) is 5.38. The van der Waals surface area contributed by atoms with Crippen LogP contribution in [0.5, 0.6) is 0 Å². The standard InChI is InChI=1S/C20H19ClN2O3/c1-13(24)15-4-8-18(9-5-15)23-12-16(10-19(23)25)20(26)22-11-14-2-6-17(21)7-3-14/h2-9,16H,10-12H2,1H3,(H,22,26). The SMILES string of the molecule is CC(=O)c1ccc(N2CC(C(=O)NCc3ccc(Cl)cc3)CC2=O)cc1. The number of hydrogen-bond donors (Lipinski definition) is 1. The lowest BCUT2D eigenvalue weighted by Crippen LogP contribution is -2.32. The van der Waals surface area contributed by atoms with Gasteiger partial charge in [0.1, 0.15) is 0 Å². The number of carbonyl (C=O) groups excluding carboxylic acids is 3. The second-order valence-corrected chi connectivity index (χ2v) is 6.79. The van der Waals surface area contributed by atoms with Crippen LogP contribution in [0.3, 0.4) is 0 Å². The van der Waals surface area contributed by atoms with Gasteiger partial charge in [0.05, 0.1) is 5.92 Å². The fourth-order valence-electron chi connectivity index (χ4n) is 2.94. The Morgan fingerprint density at radius 1 is 1.12 bits per heavy atom. The molecule has 1 fully saturated rings. The zero-order valence-corrected chi connectivity index (χ0v) is 15.1. The minimum atomic E-state index is -0.387. The number of nitrogens with one attached hydrogen (secondary N) is 1. The highest BCUT2D eigenvalue weighted by Crippen LogP contribution is 2.25. The van der Waals surface area contributed by atoms with Crippen LogP contribution in [0, 0.1) is 5.92 Å². The van der Waals surface area contributed by atoms with Crippen molar-refractivity contribution in [1.29, 1.82) is 0 Å². The van der Waals surface area contributed by atoms with Crippen molar-refractivity contribution in [1.82, 2.24) is 5.32 Å². The molecule has 134 valence electrons. The van der Waals surface area contributed by atoms with Gasteiger partial charge in [0.15, 0.2) is 5.78 Å². The number of rotatable bonds is 5. The van der Waals surface area contributed by atoms with Gasteiger partial charge in [-0.15, -0.1) is 0 Å². The smallest absolute Gasteiger partial charge is 0.227 e. The number of amides is 2. The maximum absolute atomic E-state index is 12.4. The first-order valence-electron chi connectivity index (χ1n) is 8.37. The summed E-state index contributed by atoms with van der Waals surface area (Å²) < 4.78 is 0. The van der Waals surface area contributed by atoms with E-state index >= 15 is 0 Å².